The predicted molar refractivity (Wildman–Crippen MR) is 234 cm³/mol. The van der Waals surface area contributed by atoms with E-state index in [1.54, 1.807) is 0 Å². The minimum Gasteiger partial charge on any atom is -0.463 e. The Bertz CT molecular complexity index is 1480. The number of hydrogen-bond acceptors (Lipinski definition) is 24. The number of rotatable bonds is 29. The fourth-order valence-corrected chi connectivity index (χ4v) is 7.95. The molecule has 0 amide bonds. The summed E-state index contributed by atoms with van der Waals surface area (Å²) in [6, 6.07) is 0. The average molecular weight is 1000 g/mol. The van der Waals surface area contributed by atoms with Gasteiger partial charge in [0, 0.05) is 6.42 Å². The van der Waals surface area contributed by atoms with Crippen LogP contribution in [-0.2, 0) is 47.4 Å². The molecule has 4 fully saturated rings. The summed E-state index contributed by atoms with van der Waals surface area (Å²) in [5.74, 6) is -0.506. The Labute approximate surface area is 401 Å². The molecule has 24 heteroatoms. The van der Waals surface area contributed by atoms with Gasteiger partial charge in [-0.15, -0.1) is 0 Å². The van der Waals surface area contributed by atoms with Gasteiger partial charge < -0.3 is 114 Å². The molecule has 4 heterocycles. The van der Waals surface area contributed by atoms with Crippen LogP contribution < -0.4 is 0 Å². The first kappa shape index (κ1) is 59.6. The Hall–Kier alpha value is -1.93. The van der Waals surface area contributed by atoms with Crippen LogP contribution in [0.3, 0.4) is 0 Å². The van der Waals surface area contributed by atoms with Crippen LogP contribution in [0.15, 0.2) is 24.3 Å². The average Bonchev–Trinajstić information content (AvgIpc) is 3.34. The van der Waals surface area contributed by atoms with Gasteiger partial charge >= 0.3 is 5.97 Å². The zero-order valence-corrected chi connectivity index (χ0v) is 39.0. The lowest BCUT2D eigenvalue weighted by Gasteiger charge is -2.44. The van der Waals surface area contributed by atoms with E-state index in [0.29, 0.717) is 6.42 Å². The molecule has 0 spiro atoms. The minimum absolute atomic E-state index is 0.167. The molecule has 21 atom stereocenters. The standard InChI is InChI=1S/C45H78O24/c1-2-3-4-5-6-7-8-9-10-11-12-13-14-15-16-17-29(48)61-19-24(47)20-62-42-39(58)35(54)31(50)26(67-42)22-64-44-41(60)37(56)33(52)28(69-44)23-65-45-40(59)36(55)32(51)27(68-45)21-63-43-38(57)34(53)30(49)25(18-46)66-43/h6-7,9-10,24-28,30-47,49-60H,2-5,8,11-23H2,1H3/b7-6-,10-9-/t24?,25-,26-,27-,28-,30+,31+,32+,33+,34+,35+,36+,37+,38-,39-,40-,41-,42-,43-,44-,45-/m1/s1. The third-order valence-corrected chi connectivity index (χ3v) is 12.3. The molecule has 14 N–H and O–H groups in total. The van der Waals surface area contributed by atoms with Crippen molar-refractivity contribution >= 4 is 5.97 Å². The number of unbranched alkanes of at least 4 members (excludes halogenated alkanes) is 8. The molecule has 0 bridgehead atoms. The fourth-order valence-electron chi connectivity index (χ4n) is 7.95. The quantitative estimate of drug-likeness (QED) is 0.0193. The summed E-state index contributed by atoms with van der Waals surface area (Å²) in [6.07, 6.45) is -15.6. The molecule has 402 valence electrons. The number of hydrogen-bond donors (Lipinski definition) is 14. The Morgan fingerprint density at radius 1 is 0.464 bits per heavy atom. The van der Waals surface area contributed by atoms with Gasteiger partial charge in [-0.1, -0.05) is 63.3 Å². The number of aliphatic hydroxyl groups is 14. The Morgan fingerprint density at radius 2 is 0.841 bits per heavy atom. The van der Waals surface area contributed by atoms with Crippen molar-refractivity contribution < 1.29 is 119 Å². The van der Waals surface area contributed by atoms with Gasteiger partial charge in [0.25, 0.3) is 0 Å². The maximum atomic E-state index is 12.3. The summed E-state index contributed by atoms with van der Waals surface area (Å²) in [5, 5.41) is 145. The van der Waals surface area contributed by atoms with Crippen LogP contribution in [0.5, 0.6) is 0 Å². The maximum absolute atomic E-state index is 12.3. The molecule has 0 aliphatic carbocycles. The van der Waals surface area contributed by atoms with Gasteiger partial charge in [0.15, 0.2) is 25.2 Å². The molecule has 4 aliphatic heterocycles. The third-order valence-electron chi connectivity index (χ3n) is 12.3. The van der Waals surface area contributed by atoms with Crippen LogP contribution in [-0.4, -0.2) is 246 Å². The second kappa shape index (κ2) is 31.0. The summed E-state index contributed by atoms with van der Waals surface area (Å²) < 4.78 is 49.1. The van der Waals surface area contributed by atoms with Crippen LogP contribution in [0.1, 0.15) is 84.0 Å². The highest BCUT2D eigenvalue weighted by Crippen LogP contribution is 2.29. The maximum Gasteiger partial charge on any atom is 0.305 e. The van der Waals surface area contributed by atoms with Crippen LogP contribution in [0, 0.1) is 0 Å². The summed E-state index contributed by atoms with van der Waals surface area (Å²) in [7, 11) is 0. The third kappa shape index (κ3) is 18.2. The van der Waals surface area contributed by atoms with E-state index in [9.17, 15) is 76.3 Å². The Morgan fingerprint density at radius 3 is 1.28 bits per heavy atom. The van der Waals surface area contributed by atoms with Gasteiger partial charge in [0.05, 0.1) is 33.0 Å². The normalized spacial score (nSPS) is 39.3. The molecule has 24 nitrogen and oxygen atoms in total. The van der Waals surface area contributed by atoms with Crippen molar-refractivity contribution in [3.8, 4) is 0 Å². The smallest absolute Gasteiger partial charge is 0.305 e. The van der Waals surface area contributed by atoms with Gasteiger partial charge in [-0.25, -0.2) is 0 Å². The zero-order valence-electron chi connectivity index (χ0n) is 39.0. The molecule has 0 radical (unpaired) electrons. The second-order valence-electron chi connectivity index (χ2n) is 17.9. The number of carbonyl (C=O) groups excluding carboxylic acids is 1. The van der Waals surface area contributed by atoms with E-state index in [1.807, 2.05) is 0 Å². The van der Waals surface area contributed by atoms with Crippen molar-refractivity contribution in [2.75, 3.05) is 39.6 Å². The number of ether oxygens (including phenoxy) is 9. The molecule has 4 rings (SSSR count). The molecule has 0 saturated carbocycles. The summed E-state index contributed by atoms with van der Waals surface area (Å²) in [4.78, 5) is 12.3. The van der Waals surface area contributed by atoms with Gasteiger partial charge in [-0.3, -0.25) is 4.79 Å². The van der Waals surface area contributed by atoms with Crippen LogP contribution >= 0.6 is 0 Å². The number of allylic oxidation sites excluding steroid dienone is 4. The van der Waals surface area contributed by atoms with E-state index in [-0.39, 0.29) is 6.42 Å². The molecule has 1 unspecified atom stereocenters. The molecular formula is C45H78O24. The molecule has 69 heavy (non-hydrogen) atoms. The molecule has 0 aromatic heterocycles. The minimum atomic E-state index is -1.93. The summed E-state index contributed by atoms with van der Waals surface area (Å²) >= 11 is 0. The van der Waals surface area contributed by atoms with Crippen LogP contribution in [0.2, 0.25) is 0 Å². The highest BCUT2D eigenvalue weighted by Gasteiger charge is 2.50. The van der Waals surface area contributed by atoms with Gasteiger partial charge in [0.2, 0.25) is 0 Å². The van der Waals surface area contributed by atoms with Gasteiger partial charge in [0.1, 0.15) is 110 Å². The number of esters is 1. The zero-order chi connectivity index (χ0) is 50.6. The second-order valence-corrected chi connectivity index (χ2v) is 17.9. The topological polar surface area (TPSA) is 383 Å². The highest BCUT2D eigenvalue weighted by atomic mass is 16.8. The lowest BCUT2D eigenvalue weighted by Crippen LogP contribution is -2.63. The van der Waals surface area contributed by atoms with Crippen molar-refractivity contribution in [3.05, 3.63) is 24.3 Å². The Kier molecular flexibility index (Phi) is 26.7. The van der Waals surface area contributed by atoms with Crippen LogP contribution in [0.25, 0.3) is 0 Å². The SMILES string of the molecule is CCCCC/C=C\C/C=C\CCCCCCCC(=O)OCC(O)CO[C@@H]1O[C@H](CO[C@@H]2O[C@H](CO[C@@H]3O[C@H](CO[C@@H]4O[C@H](CO)[C@H](O)[C@H](O)[C@H]4O)[C@H](O)[C@H](O)[C@H]3O)[C@H](O)[C@H](O)[C@H]2O)[C@H](O)[C@H](O)[C@H]1O. The van der Waals surface area contributed by atoms with Crippen LogP contribution in [0.4, 0.5) is 0 Å². The van der Waals surface area contributed by atoms with Crippen molar-refractivity contribution in [3.63, 3.8) is 0 Å². The highest BCUT2D eigenvalue weighted by molar-refractivity contribution is 5.69. The van der Waals surface area contributed by atoms with E-state index in [0.717, 1.165) is 44.9 Å². The monoisotopic (exact) mass is 1000 g/mol. The fraction of sp³-hybridized carbons (Fsp3) is 0.889. The van der Waals surface area contributed by atoms with Crippen molar-refractivity contribution in [2.24, 2.45) is 0 Å². The van der Waals surface area contributed by atoms with E-state index in [1.165, 1.54) is 19.3 Å². The number of carbonyl (C=O) groups is 1. The first-order valence-electron chi connectivity index (χ1n) is 24.0. The van der Waals surface area contributed by atoms with E-state index < -0.39 is 175 Å². The van der Waals surface area contributed by atoms with E-state index in [2.05, 4.69) is 31.2 Å². The van der Waals surface area contributed by atoms with Crippen molar-refractivity contribution in [1.29, 1.82) is 0 Å². The summed E-state index contributed by atoms with van der Waals surface area (Å²) in [6.45, 7) is -1.55. The first-order valence-corrected chi connectivity index (χ1v) is 24.0. The molecule has 0 aromatic carbocycles. The molecule has 4 aliphatic rings. The lowest BCUT2D eigenvalue weighted by atomic mass is 9.98. The first-order chi connectivity index (χ1) is 33.0. The van der Waals surface area contributed by atoms with Crippen molar-refractivity contribution in [2.45, 2.75) is 213 Å². The van der Waals surface area contributed by atoms with Crippen molar-refractivity contribution in [1.82, 2.24) is 0 Å². The van der Waals surface area contributed by atoms with E-state index in [4.69, 9.17) is 42.6 Å². The molecular weight excluding hydrogens is 924 g/mol. The predicted octanol–water partition coefficient (Wildman–Crippen LogP) is -4.01. The van der Waals surface area contributed by atoms with E-state index >= 15 is 0 Å². The largest absolute Gasteiger partial charge is 0.463 e. The molecule has 4 saturated heterocycles. The van der Waals surface area contributed by atoms with Gasteiger partial charge in [-0.2, -0.15) is 0 Å². The van der Waals surface area contributed by atoms with Gasteiger partial charge in [-0.05, 0) is 38.5 Å². The molecule has 0 aromatic rings. The Balaban J connectivity index is 1.16. The summed E-state index contributed by atoms with van der Waals surface area (Å²) in [5.41, 5.74) is 0. The lowest BCUT2D eigenvalue weighted by molar-refractivity contribution is -0.348. The number of aliphatic hydroxyl groups excluding tert-OH is 14.